The molecule has 5 N–H and O–H groups in total. The summed E-state index contributed by atoms with van der Waals surface area (Å²) in [6.07, 6.45) is 2.01. The maximum absolute atomic E-state index is 11.8. The first-order chi connectivity index (χ1) is 36.1. The molecule has 1 heterocycles. The van der Waals surface area contributed by atoms with Gasteiger partial charge in [0.25, 0.3) is 12.3 Å². The van der Waals surface area contributed by atoms with E-state index in [1.54, 1.807) is 43.8 Å². The molecule has 1 fully saturated rings. The minimum atomic E-state index is -1.05. The normalized spacial score (nSPS) is 15.1. The number of esters is 2. The van der Waals surface area contributed by atoms with E-state index in [1.807, 2.05) is 37.6 Å². The summed E-state index contributed by atoms with van der Waals surface area (Å²) >= 11 is 3.65. The van der Waals surface area contributed by atoms with Crippen molar-refractivity contribution in [1.29, 1.82) is 0 Å². The summed E-state index contributed by atoms with van der Waals surface area (Å²) in [6, 6.07) is 17.9. The van der Waals surface area contributed by atoms with E-state index in [0.717, 1.165) is 81.0 Å². The third-order valence-corrected chi connectivity index (χ3v) is 11.2. The Bertz CT molecular complexity index is 2060. The number of carbonyl (C=O) groups is 7. The third kappa shape index (κ3) is 35.3. The van der Waals surface area contributed by atoms with Crippen molar-refractivity contribution in [3.05, 3.63) is 82.9 Å². The standard InChI is InChI=1S/C35H38O11S3.C11H26N2O.3C2H4O.2CH4O/c1-21-32(42-22(2)37)16-34(43-23(3)38)35(41-21)44-31-13-8-26(17-36)15-33(31)46-49-45-29-10-6-25(7-11-29)18-40-30-12-9-27(19-48-24(4)39)14-28(30)20-47-5;1-10(2,6-12)8-14-9-11(3,4)7-13-5;3*1-2-3;2*1-2/h6-15,17,21,32,34-35H,16,18-20H2,1-5H3;13H,6-9,12H2,1-5H3;3*2H,1H3;2*2H,1H3/t21-,32-,34?,35+;;;;;;/m0....../s1. The molecule has 0 saturated carbocycles. The van der Waals surface area contributed by atoms with E-state index in [-0.39, 0.29) is 33.9 Å². The minimum Gasteiger partial charge on any atom is -0.489 e. The highest BCUT2D eigenvalue weighted by atomic mass is 32.2. The zero-order chi connectivity index (χ0) is 58.7. The smallest absolute Gasteiger partial charge is 0.303 e. The topological polar surface area (TPSA) is 272 Å². The van der Waals surface area contributed by atoms with Crippen LogP contribution in [0.1, 0.15) is 110 Å². The number of ether oxygens (including phenoxy) is 6. The largest absolute Gasteiger partial charge is 0.489 e. The predicted molar refractivity (Wildman–Crippen MR) is 301 cm³/mol. The van der Waals surface area contributed by atoms with Gasteiger partial charge in [0.1, 0.15) is 49.4 Å². The van der Waals surface area contributed by atoms with E-state index in [4.69, 9.17) is 67.1 Å². The van der Waals surface area contributed by atoms with Crippen molar-refractivity contribution in [2.75, 3.05) is 53.8 Å². The molecule has 1 aliphatic rings. The molecule has 22 heteroatoms. The van der Waals surface area contributed by atoms with Gasteiger partial charge in [0, 0.05) is 81.4 Å². The molecule has 0 aromatic heterocycles. The highest BCUT2D eigenvalue weighted by molar-refractivity contribution is 8.12. The highest BCUT2D eigenvalue weighted by Crippen LogP contribution is 2.36. The van der Waals surface area contributed by atoms with E-state index in [2.05, 4.69) is 39.1 Å². The van der Waals surface area contributed by atoms with Gasteiger partial charge >= 0.3 is 11.9 Å². The van der Waals surface area contributed by atoms with Crippen LogP contribution in [0.3, 0.4) is 0 Å². The number of nitrogens with one attached hydrogen (secondary N) is 1. The molecule has 1 unspecified atom stereocenters. The lowest BCUT2D eigenvalue weighted by Gasteiger charge is -2.38. The quantitative estimate of drug-likeness (QED) is 0.0396. The van der Waals surface area contributed by atoms with Gasteiger partial charge in [0.15, 0.2) is 22.7 Å². The molecule has 3 aromatic carbocycles. The van der Waals surface area contributed by atoms with Gasteiger partial charge in [-0.1, -0.05) is 63.7 Å². The maximum Gasteiger partial charge on any atom is 0.303 e. The predicted octanol–water partition coefficient (Wildman–Crippen LogP) is 8.19. The molecule has 76 heavy (non-hydrogen) atoms. The van der Waals surface area contributed by atoms with Crippen LogP contribution in [0.4, 0.5) is 0 Å². The number of rotatable bonds is 23. The SMILES string of the molecule is CC=O.CC=O.CC=O.CNCC(C)(C)COCC(C)(C)CN.CO.CO.CSCc1cc(CSC(C)=O)ccc1OCc1ccc(OSOc2cc(C=O)ccc2O[C@H]2O[C@@H](C)[C@@H](OC(C)=O)CC2OC(C)=O)cc1. The van der Waals surface area contributed by atoms with E-state index < -0.39 is 36.5 Å². The number of thioether (sulfide) groups is 2. The van der Waals surface area contributed by atoms with Gasteiger partial charge in [-0.05, 0) is 95.1 Å². The van der Waals surface area contributed by atoms with Gasteiger partial charge in [0.2, 0.25) is 6.29 Å². The Balaban J connectivity index is -0.00000164. The molecule has 0 radical (unpaired) electrons. The number of hydrogen-bond acceptors (Lipinski definition) is 22. The molecule has 0 bridgehead atoms. The molecule has 0 amide bonds. The maximum atomic E-state index is 11.8. The number of benzene rings is 3. The first-order valence-corrected chi connectivity index (χ1v) is 26.9. The molecular formula is C54H84N2O17S3. The summed E-state index contributed by atoms with van der Waals surface area (Å²) < 4.78 is 46.1. The summed E-state index contributed by atoms with van der Waals surface area (Å²) in [6.45, 7) is 22.3. The zero-order valence-electron chi connectivity index (χ0n) is 46.9. The van der Waals surface area contributed by atoms with Crippen LogP contribution in [0.2, 0.25) is 0 Å². The van der Waals surface area contributed by atoms with Crippen molar-refractivity contribution in [1.82, 2.24) is 5.32 Å². The Morgan fingerprint density at radius 2 is 1.29 bits per heavy atom. The van der Waals surface area contributed by atoms with Gasteiger partial charge in [-0.25, -0.2) is 0 Å². The van der Waals surface area contributed by atoms with Crippen molar-refractivity contribution in [2.45, 2.75) is 125 Å². The highest BCUT2D eigenvalue weighted by Gasteiger charge is 2.41. The lowest BCUT2D eigenvalue weighted by atomic mass is 9.93. The van der Waals surface area contributed by atoms with Gasteiger partial charge < -0.3 is 72.4 Å². The zero-order valence-corrected chi connectivity index (χ0v) is 49.3. The third-order valence-electron chi connectivity index (χ3n) is 9.25. The first kappa shape index (κ1) is 75.2. The van der Waals surface area contributed by atoms with Crippen LogP contribution in [0.25, 0.3) is 0 Å². The second-order valence-electron chi connectivity index (χ2n) is 17.3. The van der Waals surface area contributed by atoms with E-state index >= 15 is 0 Å². The molecule has 1 aliphatic heterocycles. The van der Waals surface area contributed by atoms with Crippen LogP contribution in [0, 0.1) is 10.8 Å². The van der Waals surface area contributed by atoms with Crippen molar-refractivity contribution in [3.8, 4) is 23.0 Å². The molecule has 4 atom stereocenters. The van der Waals surface area contributed by atoms with Crippen LogP contribution in [-0.4, -0.2) is 131 Å². The molecule has 4 rings (SSSR count). The number of hydrogen-bond donors (Lipinski definition) is 4. The van der Waals surface area contributed by atoms with Gasteiger partial charge in [0.05, 0.1) is 19.3 Å². The van der Waals surface area contributed by atoms with E-state index in [9.17, 15) is 19.2 Å². The number of aliphatic hydroxyl groups is 2. The van der Waals surface area contributed by atoms with Gasteiger partial charge in [-0.2, -0.15) is 11.8 Å². The van der Waals surface area contributed by atoms with Crippen molar-refractivity contribution >= 4 is 78.0 Å². The average Bonchev–Trinajstić information content (AvgIpc) is 3.37. The van der Waals surface area contributed by atoms with Crippen molar-refractivity contribution < 1.29 is 80.6 Å². The van der Waals surface area contributed by atoms with Crippen LogP contribution >= 0.6 is 35.8 Å². The summed E-state index contributed by atoms with van der Waals surface area (Å²) in [7, 11) is 3.96. The molecule has 19 nitrogen and oxygen atoms in total. The molecular weight excluding hydrogens is 1040 g/mol. The molecule has 430 valence electrons. The van der Waals surface area contributed by atoms with Crippen LogP contribution < -0.4 is 28.9 Å². The monoisotopic (exact) mass is 1130 g/mol. The van der Waals surface area contributed by atoms with Crippen LogP contribution in [0.15, 0.2) is 60.7 Å². The van der Waals surface area contributed by atoms with E-state index in [1.165, 1.54) is 58.5 Å². The Morgan fingerprint density at radius 3 is 1.80 bits per heavy atom. The Hall–Kier alpha value is -5.04. The first-order valence-electron chi connectivity index (χ1n) is 23.9. The lowest BCUT2D eigenvalue weighted by molar-refractivity contribution is -0.242. The fourth-order valence-corrected chi connectivity index (χ4v) is 7.50. The summed E-state index contributed by atoms with van der Waals surface area (Å²) in [5.41, 5.74) is 9.32. The average molecular weight is 1130 g/mol. The fraction of sp³-hybridized carbons (Fsp3) is 0.537. The minimum absolute atomic E-state index is 0.0861. The fourth-order valence-electron chi connectivity index (χ4n) is 5.99. The van der Waals surface area contributed by atoms with Crippen molar-refractivity contribution in [2.24, 2.45) is 16.6 Å². The summed E-state index contributed by atoms with van der Waals surface area (Å²) in [5, 5.41) is 17.3. The molecule has 1 saturated heterocycles. The van der Waals surface area contributed by atoms with Gasteiger partial charge in [-0.15, -0.1) is 0 Å². The van der Waals surface area contributed by atoms with Gasteiger partial charge in [-0.3, -0.25) is 19.2 Å². The summed E-state index contributed by atoms with van der Waals surface area (Å²) in [5.74, 6) is 2.07. The Kier molecular flexibility index (Phi) is 44.5. The second kappa shape index (κ2) is 45.0. The van der Waals surface area contributed by atoms with E-state index in [0.29, 0.717) is 48.8 Å². The Morgan fingerprint density at radius 1 is 0.750 bits per heavy atom. The Labute approximate surface area is 463 Å². The summed E-state index contributed by atoms with van der Waals surface area (Å²) in [4.78, 5) is 72.6. The van der Waals surface area contributed by atoms with Crippen molar-refractivity contribution in [3.63, 3.8) is 0 Å². The number of aliphatic hydroxyl groups excluding tert-OH is 2. The molecule has 3 aromatic rings. The van der Waals surface area contributed by atoms with Crippen LogP contribution in [-0.2, 0) is 65.8 Å². The number of aldehydes is 4. The van der Waals surface area contributed by atoms with Crippen LogP contribution in [0.5, 0.6) is 23.0 Å². The lowest BCUT2D eigenvalue weighted by Crippen LogP contribution is -2.51. The second-order valence-corrected chi connectivity index (χ2v) is 19.8. The number of carbonyl (C=O) groups excluding carboxylic acids is 7. The molecule has 0 aliphatic carbocycles. The number of nitrogens with two attached hydrogens (primary N) is 1. The molecule has 0 spiro atoms.